The maximum atomic E-state index is 6.87. The van der Waals surface area contributed by atoms with Crippen molar-refractivity contribution in [1.82, 2.24) is 0 Å². The van der Waals surface area contributed by atoms with Crippen LogP contribution in [-0.4, -0.2) is 0 Å². The third kappa shape index (κ3) is 3.73. The van der Waals surface area contributed by atoms with E-state index in [0.717, 1.165) is 45.6 Å². The van der Waals surface area contributed by atoms with Gasteiger partial charge in [-0.2, -0.15) is 0 Å². The lowest BCUT2D eigenvalue weighted by atomic mass is 9.79. The first kappa shape index (κ1) is 30.0. The molecule has 0 aromatic heterocycles. The molecule has 6 aromatic carbocycles. The lowest BCUT2D eigenvalue weighted by Crippen LogP contribution is -2.35. The predicted octanol–water partition coefficient (Wildman–Crippen LogP) is 13.5. The largest absolute Gasteiger partial charge is 0.453 e. The Hall–Kier alpha value is -5.68. The molecule has 52 heavy (non-hydrogen) atoms. The number of hydrogen-bond acceptors (Lipinski definition) is 5. The maximum Gasteiger partial charge on any atom is 0.155 e. The molecule has 0 saturated carbocycles. The summed E-state index contributed by atoms with van der Waals surface area (Å²) in [6.07, 6.45) is -0.177. The molecule has 5 aliphatic heterocycles. The van der Waals surface area contributed by atoms with Gasteiger partial charge in [-0.15, -0.1) is 0 Å². The Kier molecular flexibility index (Phi) is 6.02. The number of nitrogens with zero attached hydrogens (tertiary/aromatic N) is 3. The number of ether oxygens (including phenoxy) is 2. The number of hydrogen-bond donors (Lipinski definition) is 0. The van der Waals surface area contributed by atoms with Gasteiger partial charge in [-0.3, -0.25) is 4.90 Å². The van der Waals surface area contributed by atoms with Crippen LogP contribution in [-0.2, 0) is 0 Å². The van der Waals surface area contributed by atoms with Crippen molar-refractivity contribution in [3.05, 3.63) is 148 Å². The topological polar surface area (TPSA) is 28.2 Å². The highest BCUT2D eigenvalue weighted by atomic mass is 16.5. The molecule has 2 atom stereocenters. The molecule has 0 fully saturated rings. The third-order valence-corrected chi connectivity index (χ3v) is 12.2. The van der Waals surface area contributed by atoms with E-state index in [9.17, 15) is 0 Å². The van der Waals surface area contributed by atoms with E-state index in [1.165, 1.54) is 56.1 Å². The van der Waals surface area contributed by atoms with Crippen LogP contribution in [0.1, 0.15) is 110 Å². The van der Waals surface area contributed by atoms with Gasteiger partial charge in [-0.05, 0) is 81.6 Å². The van der Waals surface area contributed by atoms with Gasteiger partial charge in [0.1, 0.15) is 11.9 Å². The van der Waals surface area contributed by atoms with Crippen molar-refractivity contribution in [3.63, 3.8) is 0 Å². The summed E-state index contributed by atoms with van der Waals surface area (Å²) >= 11 is 0. The number of rotatable bonds is 3. The van der Waals surface area contributed by atoms with Crippen molar-refractivity contribution >= 4 is 39.8 Å². The summed E-state index contributed by atoms with van der Waals surface area (Å²) in [6.45, 7) is 14.1. The van der Waals surface area contributed by atoms with E-state index in [4.69, 9.17) is 9.47 Å². The smallest absolute Gasteiger partial charge is 0.155 e. The summed E-state index contributed by atoms with van der Waals surface area (Å²) in [5.74, 6) is 4.53. The minimum absolute atomic E-state index is 0.177. The highest BCUT2D eigenvalue weighted by molar-refractivity contribution is 6.00. The fourth-order valence-electron chi connectivity index (χ4n) is 9.82. The molecule has 5 heterocycles. The van der Waals surface area contributed by atoms with E-state index in [2.05, 4.69) is 165 Å². The maximum absolute atomic E-state index is 6.87. The van der Waals surface area contributed by atoms with Crippen LogP contribution in [0.4, 0.5) is 39.8 Å². The van der Waals surface area contributed by atoms with Crippen LogP contribution in [0, 0.1) is 0 Å². The third-order valence-electron chi connectivity index (χ3n) is 12.2. The number of fused-ring (bicyclic) bond motifs is 8. The monoisotopic (exact) mass is 679 g/mol. The Morgan fingerprint density at radius 3 is 1.37 bits per heavy atom. The lowest BCUT2D eigenvalue weighted by molar-refractivity contribution is 0.443. The van der Waals surface area contributed by atoms with Gasteiger partial charge in [0, 0.05) is 17.4 Å². The standard InChI is InChI=1S/C47H41N3O2/c1-25(2)30-13-11-15-32-27(5)34-21-22-35-28(6)33-16-12-14-31(26(3)4)43(33)50-45(35)44(34)49(42(30)32)47(50)29-23-40-46-41(24-29)52-39-20-10-8-18-37(39)48(46)36-17-7-9-19-38(36)51-40/h7-28,47H,1-6H3. The first-order valence-corrected chi connectivity index (χ1v) is 18.8. The van der Waals surface area contributed by atoms with Crippen LogP contribution in [0.25, 0.3) is 0 Å². The molecule has 5 heteroatoms. The van der Waals surface area contributed by atoms with E-state index < -0.39 is 0 Å². The van der Waals surface area contributed by atoms with Gasteiger partial charge in [-0.25, -0.2) is 0 Å². The Balaban J connectivity index is 1.23. The van der Waals surface area contributed by atoms with Crippen LogP contribution in [0.3, 0.4) is 0 Å². The summed E-state index contributed by atoms with van der Waals surface area (Å²) in [4.78, 5) is 7.70. The Labute approximate surface area is 305 Å². The fraction of sp³-hybridized carbons (Fsp3) is 0.234. The molecule has 11 rings (SSSR count). The van der Waals surface area contributed by atoms with Gasteiger partial charge in [0.2, 0.25) is 0 Å². The van der Waals surface area contributed by atoms with Crippen molar-refractivity contribution in [2.24, 2.45) is 0 Å². The summed E-state index contributed by atoms with van der Waals surface area (Å²) in [6, 6.07) is 40.0. The van der Waals surface area contributed by atoms with Gasteiger partial charge in [-0.1, -0.05) is 114 Å². The zero-order valence-corrected chi connectivity index (χ0v) is 30.4. The molecule has 0 spiro atoms. The van der Waals surface area contributed by atoms with E-state index in [1.54, 1.807) is 0 Å². The summed E-state index contributed by atoms with van der Waals surface area (Å²) < 4.78 is 13.7. The van der Waals surface area contributed by atoms with Crippen LogP contribution in [0.5, 0.6) is 23.0 Å². The average molecular weight is 680 g/mol. The molecule has 0 amide bonds. The van der Waals surface area contributed by atoms with Crippen LogP contribution < -0.4 is 24.2 Å². The zero-order chi connectivity index (χ0) is 35.2. The quantitative estimate of drug-likeness (QED) is 0.185. The molecule has 0 aliphatic carbocycles. The van der Waals surface area contributed by atoms with Gasteiger partial charge in [0.15, 0.2) is 23.0 Å². The van der Waals surface area contributed by atoms with Crippen LogP contribution >= 0.6 is 0 Å². The van der Waals surface area contributed by atoms with Crippen LogP contribution in [0.15, 0.2) is 109 Å². The molecule has 0 radical (unpaired) electrons. The highest BCUT2D eigenvalue weighted by Gasteiger charge is 2.51. The van der Waals surface area contributed by atoms with Gasteiger partial charge in [0.05, 0.1) is 34.1 Å². The van der Waals surface area contributed by atoms with Gasteiger partial charge in [0.25, 0.3) is 0 Å². The van der Waals surface area contributed by atoms with Gasteiger partial charge < -0.3 is 19.3 Å². The molecule has 256 valence electrons. The summed E-state index contributed by atoms with van der Waals surface area (Å²) in [7, 11) is 0. The highest BCUT2D eigenvalue weighted by Crippen LogP contribution is 2.68. The fourth-order valence-corrected chi connectivity index (χ4v) is 9.82. The first-order valence-electron chi connectivity index (χ1n) is 18.8. The molecule has 0 N–H and O–H groups in total. The van der Waals surface area contributed by atoms with E-state index in [-0.39, 0.29) is 18.0 Å². The lowest BCUT2D eigenvalue weighted by Gasteiger charge is -2.43. The second-order valence-electron chi connectivity index (χ2n) is 15.7. The minimum atomic E-state index is -0.177. The number of benzene rings is 6. The molecule has 0 bridgehead atoms. The molecule has 5 nitrogen and oxygen atoms in total. The van der Waals surface area contributed by atoms with Crippen molar-refractivity contribution < 1.29 is 9.47 Å². The molecule has 2 unspecified atom stereocenters. The normalized spacial score (nSPS) is 19.3. The van der Waals surface area contributed by atoms with Crippen LogP contribution in [0.2, 0.25) is 0 Å². The SMILES string of the molecule is CC(C)c1cccc2c1N1c3c(ccc4c3N(c3c(C(C)C)cccc3C4C)C1c1cc3c4c(c1)Oc1ccccc1N4c1ccccc1O3)C2C. The zero-order valence-electron chi connectivity index (χ0n) is 30.4. The summed E-state index contributed by atoms with van der Waals surface area (Å²) in [5.41, 5.74) is 17.8. The second kappa shape index (κ2) is 10.4. The Morgan fingerprint density at radius 2 is 0.904 bits per heavy atom. The first-order chi connectivity index (χ1) is 25.3. The van der Waals surface area contributed by atoms with E-state index >= 15 is 0 Å². The molecular weight excluding hydrogens is 639 g/mol. The van der Waals surface area contributed by atoms with Gasteiger partial charge >= 0.3 is 0 Å². The molecular formula is C47H41N3O2. The van der Waals surface area contributed by atoms with Crippen molar-refractivity contribution in [2.45, 2.75) is 71.4 Å². The molecule has 5 aliphatic rings. The number of anilines is 7. The molecule has 6 aromatic rings. The molecule has 0 saturated heterocycles. The van der Waals surface area contributed by atoms with Crippen molar-refractivity contribution in [2.75, 3.05) is 14.7 Å². The van der Waals surface area contributed by atoms with E-state index in [1.807, 2.05) is 0 Å². The van der Waals surface area contributed by atoms with Crippen molar-refractivity contribution in [1.29, 1.82) is 0 Å². The average Bonchev–Trinajstić information content (AvgIpc) is 3.51. The second-order valence-corrected chi connectivity index (χ2v) is 15.7. The van der Waals surface area contributed by atoms with Crippen molar-refractivity contribution in [3.8, 4) is 23.0 Å². The number of para-hydroxylation sites is 6. The van der Waals surface area contributed by atoms with E-state index in [0.29, 0.717) is 11.8 Å². The summed E-state index contributed by atoms with van der Waals surface area (Å²) in [5, 5.41) is 0. The Bertz CT molecular complexity index is 2350. The Morgan fingerprint density at radius 1 is 0.462 bits per heavy atom. The minimum Gasteiger partial charge on any atom is -0.453 e. The predicted molar refractivity (Wildman–Crippen MR) is 211 cm³/mol.